The Morgan fingerprint density at radius 2 is 1.83 bits per heavy atom. The summed E-state index contributed by atoms with van der Waals surface area (Å²) in [6, 6.07) is 3.81. The molecule has 104 valence electrons. The Morgan fingerprint density at radius 1 is 1.22 bits per heavy atom. The van der Waals surface area contributed by atoms with Crippen LogP contribution in [0.3, 0.4) is 0 Å². The summed E-state index contributed by atoms with van der Waals surface area (Å²) in [7, 11) is 0. The fourth-order valence-electron chi connectivity index (χ4n) is 3.04. The Kier molecular flexibility index (Phi) is 5.89. The van der Waals surface area contributed by atoms with Gasteiger partial charge in [0, 0.05) is 12.0 Å². The Bertz CT molecular complexity index is 313. The summed E-state index contributed by atoms with van der Waals surface area (Å²) in [6.45, 7) is 10.6. The van der Waals surface area contributed by atoms with E-state index in [0.717, 1.165) is 31.7 Å². The van der Waals surface area contributed by atoms with Gasteiger partial charge in [-0.25, -0.2) is 0 Å². The number of aliphatic hydroxyl groups is 1. The number of furan rings is 1. The first kappa shape index (κ1) is 15.3. The topological polar surface area (TPSA) is 36.6 Å². The molecule has 1 N–H and O–H groups in total. The lowest BCUT2D eigenvalue weighted by atomic mass is 9.82. The molecule has 0 saturated carbocycles. The number of hydrogen-bond acceptors (Lipinski definition) is 3. The Hall–Kier alpha value is -0.800. The molecule has 1 heterocycles. The van der Waals surface area contributed by atoms with Crippen LogP contribution in [-0.2, 0) is 6.42 Å². The highest BCUT2D eigenvalue weighted by atomic mass is 16.3. The molecule has 0 fully saturated rings. The van der Waals surface area contributed by atoms with E-state index in [0.29, 0.717) is 6.42 Å². The maximum absolute atomic E-state index is 10.7. The second kappa shape index (κ2) is 6.95. The third-order valence-electron chi connectivity index (χ3n) is 4.21. The van der Waals surface area contributed by atoms with Gasteiger partial charge < -0.3 is 9.52 Å². The largest absolute Gasteiger partial charge is 0.469 e. The van der Waals surface area contributed by atoms with E-state index in [2.05, 4.69) is 32.6 Å². The van der Waals surface area contributed by atoms with Crippen molar-refractivity contribution in [1.82, 2.24) is 4.90 Å². The van der Waals surface area contributed by atoms with E-state index >= 15 is 0 Å². The van der Waals surface area contributed by atoms with Crippen LogP contribution in [0.4, 0.5) is 0 Å². The highest BCUT2D eigenvalue weighted by Gasteiger charge is 2.39. The number of nitrogens with zero attached hydrogens (tertiary/aromatic N) is 1. The van der Waals surface area contributed by atoms with Crippen LogP contribution in [0.2, 0.25) is 0 Å². The smallest absolute Gasteiger partial charge is 0.106 e. The maximum atomic E-state index is 10.7. The Morgan fingerprint density at radius 3 is 2.22 bits per heavy atom. The molecule has 1 atom stereocenters. The van der Waals surface area contributed by atoms with Crippen LogP contribution < -0.4 is 0 Å². The van der Waals surface area contributed by atoms with Gasteiger partial charge in [0.2, 0.25) is 0 Å². The van der Waals surface area contributed by atoms with Crippen LogP contribution in [0.1, 0.15) is 46.3 Å². The van der Waals surface area contributed by atoms with Crippen LogP contribution in [0.15, 0.2) is 22.8 Å². The molecule has 1 unspecified atom stereocenters. The Labute approximate surface area is 111 Å². The van der Waals surface area contributed by atoms with Gasteiger partial charge in [0.1, 0.15) is 5.76 Å². The third kappa shape index (κ3) is 2.96. The zero-order valence-corrected chi connectivity index (χ0v) is 12.1. The minimum absolute atomic E-state index is 0.143. The molecule has 3 nitrogen and oxygen atoms in total. The summed E-state index contributed by atoms with van der Waals surface area (Å²) in [6.07, 6.45) is 3.77. The van der Waals surface area contributed by atoms with Gasteiger partial charge >= 0.3 is 0 Å². The maximum Gasteiger partial charge on any atom is 0.106 e. The van der Waals surface area contributed by atoms with Crippen molar-refractivity contribution in [3.05, 3.63) is 24.2 Å². The van der Waals surface area contributed by atoms with E-state index in [4.69, 9.17) is 4.42 Å². The fourth-order valence-corrected chi connectivity index (χ4v) is 3.04. The van der Waals surface area contributed by atoms with Gasteiger partial charge in [-0.1, -0.05) is 27.7 Å². The van der Waals surface area contributed by atoms with Crippen LogP contribution in [-0.4, -0.2) is 34.7 Å². The van der Waals surface area contributed by atoms with Crippen molar-refractivity contribution in [3.63, 3.8) is 0 Å². The molecule has 0 aromatic carbocycles. The van der Waals surface area contributed by atoms with Crippen LogP contribution in [0.5, 0.6) is 0 Å². The molecule has 0 amide bonds. The van der Waals surface area contributed by atoms with Crippen LogP contribution in [0.25, 0.3) is 0 Å². The third-order valence-corrected chi connectivity index (χ3v) is 4.21. The SMILES string of the molecule is CCN(CC)C(CC)(CC)C(O)Cc1ccco1. The van der Waals surface area contributed by atoms with Crippen molar-refractivity contribution >= 4 is 0 Å². The molecule has 1 rings (SSSR count). The summed E-state index contributed by atoms with van der Waals surface area (Å²) in [5, 5.41) is 10.7. The molecule has 0 aliphatic rings. The summed E-state index contributed by atoms with van der Waals surface area (Å²) < 4.78 is 5.36. The minimum atomic E-state index is -0.390. The lowest BCUT2D eigenvalue weighted by Gasteiger charge is -2.45. The number of hydrogen-bond donors (Lipinski definition) is 1. The zero-order valence-electron chi connectivity index (χ0n) is 12.1. The van der Waals surface area contributed by atoms with Gasteiger partial charge in [-0.2, -0.15) is 0 Å². The molecule has 0 bridgehead atoms. The molecular weight excluding hydrogens is 226 g/mol. The van der Waals surface area contributed by atoms with Crippen molar-refractivity contribution in [2.75, 3.05) is 13.1 Å². The second-order valence-corrected chi connectivity index (χ2v) is 4.78. The lowest BCUT2D eigenvalue weighted by molar-refractivity contribution is -0.0361. The number of likely N-dealkylation sites (N-methyl/N-ethyl adjacent to an activating group) is 1. The van der Waals surface area contributed by atoms with Gasteiger partial charge in [-0.05, 0) is 38.1 Å². The molecule has 0 spiro atoms. The molecule has 0 aliphatic carbocycles. The van der Waals surface area contributed by atoms with Crippen molar-refractivity contribution in [1.29, 1.82) is 0 Å². The van der Waals surface area contributed by atoms with E-state index in [9.17, 15) is 5.11 Å². The molecular formula is C15H27NO2. The highest BCUT2D eigenvalue weighted by molar-refractivity contribution is 5.04. The first-order chi connectivity index (χ1) is 8.64. The van der Waals surface area contributed by atoms with E-state index in [-0.39, 0.29) is 5.54 Å². The minimum Gasteiger partial charge on any atom is -0.469 e. The number of aliphatic hydroxyl groups excluding tert-OH is 1. The van der Waals surface area contributed by atoms with Crippen molar-refractivity contribution < 1.29 is 9.52 Å². The normalized spacial score (nSPS) is 14.1. The summed E-state index contributed by atoms with van der Waals surface area (Å²) in [5.41, 5.74) is -0.143. The summed E-state index contributed by atoms with van der Waals surface area (Å²) in [5.74, 6) is 0.862. The number of rotatable bonds is 8. The van der Waals surface area contributed by atoms with Crippen molar-refractivity contribution in [3.8, 4) is 0 Å². The van der Waals surface area contributed by atoms with Crippen molar-refractivity contribution in [2.24, 2.45) is 0 Å². The second-order valence-electron chi connectivity index (χ2n) is 4.78. The lowest BCUT2D eigenvalue weighted by Crippen LogP contribution is -2.56. The monoisotopic (exact) mass is 253 g/mol. The molecule has 1 aromatic rings. The molecule has 1 aromatic heterocycles. The molecule has 18 heavy (non-hydrogen) atoms. The predicted octanol–water partition coefficient (Wildman–Crippen LogP) is 3.08. The first-order valence-corrected chi connectivity index (χ1v) is 7.10. The fraction of sp³-hybridized carbons (Fsp3) is 0.733. The van der Waals surface area contributed by atoms with Crippen LogP contribution in [0, 0.1) is 0 Å². The summed E-state index contributed by atoms with van der Waals surface area (Å²) in [4.78, 5) is 2.38. The zero-order chi connectivity index (χ0) is 13.6. The van der Waals surface area contributed by atoms with E-state index in [1.54, 1.807) is 6.26 Å². The van der Waals surface area contributed by atoms with Gasteiger partial charge in [0.05, 0.1) is 12.4 Å². The van der Waals surface area contributed by atoms with E-state index < -0.39 is 6.10 Å². The van der Waals surface area contributed by atoms with Gasteiger partial charge in [0.15, 0.2) is 0 Å². The van der Waals surface area contributed by atoms with E-state index in [1.807, 2.05) is 12.1 Å². The molecule has 0 aliphatic heterocycles. The quantitative estimate of drug-likeness (QED) is 0.773. The first-order valence-electron chi connectivity index (χ1n) is 7.10. The highest BCUT2D eigenvalue weighted by Crippen LogP contribution is 2.30. The van der Waals surface area contributed by atoms with Crippen molar-refractivity contribution in [2.45, 2.75) is 58.6 Å². The Balaban J connectivity index is 2.88. The van der Waals surface area contributed by atoms with Gasteiger partial charge in [-0.3, -0.25) is 4.90 Å². The average molecular weight is 253 g/mol. The van der Waals surface area contributed by atoms with Gasteiger partial charge in [0.25, 0.3) is 0 Å². The predicted molar refractivity (Wildman–Crippen MR) is 74.7 cm³/mol. The molecule has 0 radical (unpaired) electrons. The van der Waals surface area contributed by atoms with Crippen LogP contribution >= 0.6 is 0 Å². The standard InChI is InChI=1S/C15H27NO2/c1-5-15(6-2,16(7-3)8-4)14(17)12-13-10-9-11-18-13/h9-11,14,17H,5-8,12H2,1-4H3. The molecule has 0 saturated heterocycles. The molecule has 3 heteroatoms. The average Bonchev–Trinajstić information content (AvgIpc) is 2.88. The summed E-state index contributed by atoms with van der Waals surface area (Å²) >= 11 is 0. The van der Waals surface area contributed by atoms with Gasteiger partial charge in [-0.15, -0.1) is 0 Å². The van der Waals surface area contributed by atoms with E-state index in [1.165, 1.54) is 0 Å².